The van der Waals surface area contributed by atoms with Gasteiger partial charge < -0.3 is 24.7 Å². The number of hydrogen-bond acceptors (Lipinski definition) is 5. The Morgan fingerprint density at radius 1 is 1.12 bits per heavy atom. The first-order valence-corrected chi connectivity index (χ1v) is 7.23. The molecule has 0 saturated carbocycles. The lowest BCUT2D eigenvalue weighted by Gasteiger charge is -2.11. The van der Waals surface area contributed by atoms with Crippen LogP contribution in [0.25, 0.3) is 6.08 Å². The molecule has 0 radical (unpaired) electrons. The van der Waals surface area contributed by atoms with Crippen LogP contribution >= 0.6 is 0 Å². The highest BCUT2D eigenvalue weighted by molar-refractivity contribution is 6.02. The number of carboxylic acid groups (broad SMARTS) is 1. The summed E-state index contributed by atoms with van der Waals surface area (Å²) in [5.74, 6) is -0.888. The highest BCUT2D eigenvalue weighted by Gasteiger charge is 2.14. The van der Waals surface area contributed by atoms with Gasteiger partial charge in [0.05, 0.1) is 11.7 Å². The Kier molecular flexibility index (Phi) is 4.20. The van der Waals surface area contributed by atoms with Gasteiger partial charge in [-0.2, -0.15) is 0 Å². The molecule has 0 spiro atoms. The van der Waals surface area contributed by atoms with E-state index in [-0.39, 0.29) is 12.5 Å². The Labute approximate surface area is 138 Å². The molecule has 0 unspecified atom stereocenters. The van der Waals surface area contributed by atoms with Gasteiger partial charge in [0, 0.05) is 5.56 Å². The Balaban J connectivity index is 1.84. The van der Waals surface area contributed by atoms with Crippen LogP contribution in [-0.2, 0) is 4.79 Å². The molecule has 3 rings (SSSR count). The van der Waals surface area contributed by atoms with Crippen LogP contribution in [0.15, 0.2) is 48.2 Å². The van der Waals surface area contributed by atoms with E-state index < -0.39 is 11.9 Å². The molecule has 0 atom stereocenters. The molecular weight excluding hydrogens is 310 g/mol. The predicted molar refractivity (Wildman–Crippen MR) is 84.2 cm³/mol. The lowest BCUT2D eigenvalue weighted by Crippen LogP contribution is -2.35. The molecule has 6 heteroatoms. The van der Waals surface area contributed by atoms with E-state index in [9.17, 15) is 14.7 Å². The first-order valence-electron chi connectivity index (χ1n) is 7.23. The second-order valence-corrected chi connectivity index (χ2v) is 5.28. The molecule has 24 heavy (non-hydrogen) atoms. The number of aryl methyl sites for hydroxylation is 1. The quantitative estimate of drug-likeness (QED) is 0.855. The third kappa shape index (κ3) is 3.38. The number of hydrogen-bond donors (Lipinski definition) is 1. The molecule has 6 nitrogen and oxygen atoms in total. The van der Waals surface area contributed by atoms with Gasteiger partial charge in [-0.1, -0.05) is 23.8 Å². The number of rotatable bonds is 4. The lowest BCUT2D eigenvalue weighted by molar-refractivity contribution is -0.299. The van der Waals surface area contributed by atoms with Crippen molar-refractivity contribution in [3.05, 3.63) is 64.9 Å². The first-order chi connectivity index (χ1) is 11.5. The topological polar surface area (TPSA) is 87.7 Å². The molecule has 122 valence electrons. The van der Waals surface area contributed by atoms with E-state index in [0.717, 1.165) is 5.56 Å². The number of fused-ring (bicyclic) bond motifs is 1. The van der Waals surface area contributed by atoms with Crippen molar-refractivity contribution >= 4 is 18.0 Å². The number of carbonyl (C=O) groups is 2. The third-order valence-corrected chi connectivity index (χ3v) is 3.46. The number of carbonyl (C=O) groups excluding carboxylic acids is 2. The summed E-state index contributed by atoms with van der Waals surface area (Å²) in [7, 11) is 0. The van der Waals surface area contributed by atoms with Crippen molar-refractivity contribution in [2.24, 2.45) is 0 Å². The van der Waals surface area contributed by atoms with Gasteiger partial charge >= 0.3 is 0 Å². The molecule has 1 N–H and O–H groups in total. The van der Waals surface area contributed by atoms with Crippen molar-refractivity contribution in [1.29, 1.82) is 0 Å². The van der Waals surface area contributed by atoms with Gasteiger partial charge in [-0.15, -0.1) is 0 Å². The zero-order valence-electron chi connectivity index (χ0n) is 12.9. The molecule has 0 saturated heterocycles. The van der Waals surface area contributed by atoms with Gasteiger partial charge in [-0.05, 0) is 42.8 Å². The van der Waals surface area contributed by atoms with E-state index in [1.165, 1.54) is 6.08 Å². The van der Waals surface area contributed by atoms with Crippen molar-refractivity contribution in [2.45, 2.75) is 6.92 Å². The Hall–Kier alpha value is -3.28. The highest BCUT2D eigenvalue weighted by Crippen LogP contribution is 2.32. The largest absolute Gasteiger partial charge is 0.543 e. The van der Waals surface area contributed by atoms with Crippen LogP contribution in [-0.4, -0.2) is 18.7 Å². The fraction of sp³-hybridized carbons (Fsp3) is 0.111. The minimum atomic E-state index is -1.48. The van der Waals surface area contributed by atoms with Crippen molar-refractivity contribution < 1.29 is 24.2 Å². The maximum absolute atomic E-state index is 12.2. The molecule has 1 amide bonds. The first kappa shape index (κ1) is 15.6. The zero-order valence-corrected chi connectivity index (χ0v) is 12.9. The summed E-state index contributed by atoms with van der Waals surface area (Å²) in [6, 6.07) is 11.8. The summed E-state index contributed by atoms with van der Waals surface area (Å²) < 4.78 is 10.4. The third-order valence-electron chi connectivity index (χ3n) is 3.46. The number of nitrogens with one attached hydrogen (secondary N) is 1. The molecule has 0 bridgehead atoms. The van der Waals surface area contributed by atoms with Crippen LogP contribution < -0.4 is 19.9 Å². The minimum absolute atomic E-state index is 0.125. The Bertz CT molecular complexity index is 841. The fourth-order valence-corrected chi connectivity index (χ4v) is 2.30. The highest BCUT2D eigenvalue weighted by atomic mass is 16.7. The summed E-state index contributed by atoms with van der Waals surface area (Å²) in [4.78, 5) is 23.5. The van der Waals surface area contributed by atoms with Crippen molar-refractivity contribution in [2.75, 3.05) is 6.79 Å². The standard InChI is InChI=1S/C18H15NO5/c1-11-3-2-4-13(7-11)17(20)19-14(18(21)22)8-12-5-6-15-16(9-12)24-10-23-15/h2-9H,10H2,1H3,(H,19,20)(H,21,22)/p-1/b14-8+. The SMILES string of the molecule is Cc1cccc(C(=O)N/C(=C/c2ccc3c(c2)OCO3)C(=O)[O-])c1. The molecule has 1 aliphatic rings. The second-order valence-electron chi connectivity index (χ2n) is 5.28. The normalized spacial score (nSPS) is 12.8. The Morgan fingerprint density at radius 3 is 2.67 bits per heavy atom. The zero-order chi connectivity index (χ0) is 17.1. The molecule has 0 fully saturated rings. The number of aliphatic carboxylic acids is 1. The molecule has 0 aromatic heterocycles. The molecule has 0 aliphatic carbocycles. The van der Waals surface area contributed by atoms with Crippen molar-refractivity contribution in [3.8, 4) is 11.5 Å². The predicted octanol–water partition coefficient (Wildman–Crippen LogP) is 1.24. The smallest absolute Gasteiger partial charge is 0.255 e. The van der Waals surface area contributed by atoms with E-state index >= 15 is 0 Å². The summed E-state index contributed by atoms with van der Waals surface area (Å²) >= 11 is 0. The van der Waals surface area contributed by atoms with E-state index in [1.807, 2.05) is 13.0 Å². The molecule has 1 aliphatic heterocycles. The molecule has 2 aromatic carbocycles. The van der Waals surface area contributed by atoms with E-state index in [1.54, 1.807) is 36.4 Å². The van der Waals surface area contributed by atoms with Gasteiger partial charge in [-0.3, -0.25) is 4.79 Å². The van der Waals surface area contributed by atoms with Gasteiger partial charge in [-0.25, -0.2) is 0 Å². The number of amides is 1. The van der Waals surface area contributed by atoms with Crippen LogP contribution in [0, 0.1) is 6.92 Å². The fourth-order valence-electron chi connectivity index (χ4n) is 2.30. The summed E-state index contributed by atoms with van der Waals surface area (Å²) in [5.41, 5.74) is 1.48. The average Bonchev–Trinajstić information content (AvgIpc) is 3.01. The van der Waals surface area contributed by atoms with E-state index in [4.69, 9.17) is 9.47 Å². The van der Waals surface area contributed by atoms with Gasteiger partial charge in [0.2, 0.25) is 6.79 Å². The summed E-state index contributed by atoms with van der Waals surface area (Å²) in [6.07, 6.45) is 1.31. The van der Waals surface area contributed by atoms with Crippen LogP contribution in [0.4, 0.5) is 0 Å². The van der Waals surface area contributed by atoms with Crippen LogP contribution in [0.1, 0.15) is 21.5 Å². The Morgan fingerprint density at radius 2 is 1.92 bits per heavy atom. The number of ether oxygens (including phenoxy) is 2. The van der Waals surface area contributed by atoms with Crippen LogP contribution in [0.5, 0.6) is 11.5 Å². The van der Waals surface area contributed by atoms with E-state index in [0.29, 0.717) is 22.6 Å². The monoisotopic (exact) mass is 324 g/mol. The number of benzene rings is 2. The summed E-state index contributed by atoms with van der Waals surface area (Å²) in [6.45, 7) is 1.97. The van der Waals surface area contributed by atoms with Crippen LogP contribution in [0.3, 0.4) is 0 Å². The average molecular weight is 324 g/mol. The summed E-state index contributed by atoms with van der Waals surface area (Å²) in [5, 5.41) is 13.7. The second kappa shape index (κ2) is 6.45. The van der Waals surface area contributed by atoms with E-state index in [2.05, 4.69) is 5.32 Å². The maximum atomic E-state index is 12.2. The molecular formula is C18H14NO5-. The van der Waals surface area contributed by atoms with Crippen molar-refractivity contribution in [3.63, 3.8) is 0 Å². The van der Waals surface area contributed by atoms with Gasteiger partial charge in [0.25, 0.3) is 5.91 Å². The van der Waals surface area contributed by atoms with Crippen molar-refractivity contribution in [1.82, 2.24) is 5.32 Å². The van der Waals surface area contributed by atoms with Gasteiger partial charge in [0.15, 0.2) is 11.5 Å². The minimum Gasteiger partial charge on any atom is -0.543 e. The van der Waals surface area contributed by atoms with Gasteiger partial charge in [0.1, 0.15) is 0 Å². The maximum Gasteiger partial charge on any atom is 0.255 e. The molecule has 2 aromatic rings. The number of carboxylic acids is 1. The lowest BCUT2D eigenvalue weighted by atomic mass is 10.1. The molecule has 1 heterocycles. The van der Waals surface area contributed by atoms with Crippen LogP contribution in [0.2, 0.25) is 0 Å².